The summed E-state index contributed by atoms with van der Waals surface area (Å²) in [5.74, 6) is 0. The van der Waals surface area contributed by atoms with E-state index < -0.39 is 9.84 Å². The van der Waals surface area contributed by atoms with Gasteiger partial charge in [0.1, 0.15) is 0 Å². The molecule has 0 spiro atoms. The van der Waals surface area contributed by atoms with Gasteiger partial charge in [0.2, 0.25) is 0 Å². The molecule has 0 radical (unpaired) electrons. The third-order valence-electron chi connectivity index (χ3n) is 2.38. The van der Waals surface area contributed by atoms with Crippen LogP contribution in [-0.4, -0.2) is 20.2 Å². The molecule has 0 saturated carbocycles. The van der Waals surface area contributed by atoms with Crippen LogP contribution in [0.4, 0.5) is 5.69 Å². The third-order valence-corrected chi connectivity index (χ3v) is 5.22. The Morgan fingerprint density at radius 2 is 2.21 bits per heavy atom. The van der Waals surface area contributed by atoms with E-state index in [9.17, 15) is 8.42 Å². The summed E-state index contributed by atoms with van der Waals surface area (Å²) in [6.07, 6.45) is 0. The molecule has 0 bridgehead atoms. The Balaban J connectivity index is 2.71. The average Bonchev–Trinajstić information content (AvgIpc) is 2.13. The molecule has 0 aromatic heterocycles. The number of rotatable bonds is 0. The molecule has 1 aromatic carbocycles. The fourth-order valence-corrected chi connectivity index (χ4v) is 3.59. The molecule has 1 N–H and O–H groups in total. The molecule has 0 fully saturated rings. The van der Waals surface area contributed by atoms with Crippen molar-refractivity contribution in [1.82, 2.24) is 0 Å². The van der Waals surface area contributed by atoms with Gasteiger partial charge in [0.05, 0.1) is 15.8 Å². The highest BCUT2D eigenvalue weighted by Crippen LogP contribution is 2.34. The molecule has 1 heterocycles. The minimum atomic E-state index is -3.14. The Morgan fingerprint density at radius 3 is 2.93 bits per heavy atom. The maximum atomic E-state index is 11.9. The fraction of sp³-hybridized carbons (Fsp3) is 0.333. The summed E-state index contributed by atoms with van der Waals surface area (Å²) in [7, 11) is -3.14. The summed E-state index contributed by atoms with van der Waals surface area (Å²) >= 11 is 3.33. The molecule has 14 heavy (non-hydrogen) atoms. The molecule has 5 heteroatoms. The van der Waals surface area contributed by atoms with Crippen LogP contribution in [0.2, 0.25) is 0 Å². The minimum Gasteiger partial charge on any atom is -0.382 e. The van der Waals surface area contributed by atoms with Gasteiger partial charge >= 0.3 is 0 Å². The molecule has 0 saturated heterocycles. The monoisotopic (exact) mass is 275 g/mol. The van der Waals surface area contributed by atoms with Gasteiger partial charge in [0.15, 0.2) is 9.84 Å². The Kier molecular flexibility index (Phi) is 2.31. The normalized spacial score (nSPS) is 23.7. The van der Waals surface area contributed by atoms with Gasteiger partial charge in [-0.05, 0) is 35.0 Å². The third kappa shape index (κ3) is 1.35. The fourth-order valence-electron chi connectivity index (χ4n) is 1.49. The van der Waals surface area contributed by atoms with Crippen LogP contribution in [0.3, 0.4) is 0 Å². The van der Waals surface area contributed by atoms with Crippen LogP contribution < -0.4 is 5.32 Å². The molecule has 76 valence electrons. The minimum absolute atomic E-state index is 0.357. The van der Waals surface area contributed by atoms with E-state index in [0.717, 1.165) is 4.47 Å². The van der Waals surface area contributed by atoms with Gasteiger partial charge in [0, 0.05) is 11.0 Å². The predicted molar refractivity (Wildman–Crippen MR) is 59.3 cm³/mol. The van der Waals surface area contributed by atoms with Crippen molar-refractivity contribution < 1.29 is 8.42 Å². The molecular formula is C9H10BrNO2S. The quantitative estimate of drug-likeness (QED) is 0.788. The summed E-state index contributed by atoms with van der Waals surface area (Å²) < 4.78 is 24.6. The topological polar surface area (TPSA) is 46.2 Å². The van der Waals surface area contributed by atoms with Crippen molar-refractivity contribution in [3.05, 3.63) is 22.7 Å². The SMILES string of the molecule is CC1CNc2c(Br)cccc2S1(=O)=O. The van der Waals surface area contributed by atoms with E-state index in [4.69, 9.17) is 0 Å². The lowest BCUT2D eigenvalue weighted by Crippen LogP contribution is -2.32. The van der Waals surface area contributed by atoms with Crippen molar-refractivity contribution >= 4 is 31.5 Å². The highest BCUT2D eigenvalue weighted by Gasteiger charge is 2.31. The van der Waals surface area contributed by atoms with E-state index >= 15 is 0 Å². The second-order valence-corrected chi connectivity index (χ2v) is 6.54. The lowest BCUT2D eigenvalue weighted by molar-refractivity contribution is 0.582. The number of para-hydroxylation sites is 1. The number of sulfone groups is 1. The number of benzene rings is 1. The van der Waals surface area contributed by atoms with Crippen molar-refractivity contribution in [2.24, 2.45) is 0 Å². The van der Waals surface area contributed by atoms with Crippen LogP contribution in [0.25, 0.3) is 0 Å². The summed E-state index contributed by atoms with van der Waals surface area (Å²) in [6, 6.07) is 5.20. The van der Waals surface area contributed by atoms with E-state index in [-0.39, 0.29) is 5.25 Å². The van der Waals surface area contributed by atoms with E-state index in [0.29, 0.717) is 17.1 Å². The zero-order chi connectivity index (χ0) is 10.3. The second-order valence-electron chi connectivity index (χ2n) is 3.35. The van der Waals surface area contributed by atoms with E-state index in [1.165, 1.54) is 0 Å². The molecule has 0 aliphatic carbocycles. The Hall–Kier alpha value is -0.550. The predicted octanol–water partition coefficient (Wildman–Crippen LogP) is 2.04. The van der Waals surface area contributed by atoms with Crippen molar-refractivity contribution in [3.8, 4) is 0 Å². The smallest absolute Gasteiger partial charge is 0.184 e. The van der Waals surface area contributed by atoms with Crippen LogP contribution >= 0.6 is 15.9 Å². The van der Waals surface area contributed by atoms with Crippen molar-refractivity contribution in [2.45, 2.75) is 17.1 Å². The van der Waals surface area contributed by atoms with Crippen molar-refractivity contribution in [1.29, 1.82) is 0 Å². The molecule has 2 rings (SSSR count). The van der Waals surface area contributed by atoms with Gasteiger partial charge in [-0.3, -0.25) is 0 Å². The Bertz CT molecular complexity index is 470. The van der Waals surface area contributed by atoms with Crippen LogP contribution in [0, 0.1) is 0 Å². The molecule has 1 aromatic rings. The number of halogens is 1. The molecule has 1 aliphatic heterocycles. The van der Waals surface area contributed by atoms with Gasteiger partial charge in [-0.15, -0.1) is 0 Å². The molecule has 3 nitrogen and oxygen atoms in total. The molecule has 1 atom stereocenters. The number of anilines is 1. The summed E-state index contributed by atoms with van der Waals surface area (Å²) in [5, 5.41) is 2.75. The molecule has 0 amide bonds. The molecule has 1 aliphatic rings. The van der Waals surface area contributed by atoms with Gasteiger partial charge in [0.25, 0.3) is 0 Å². The van der Waals surface area contributed by atoms with Crippen LogP contribution in [-0.2, 0) is 9.84 Å². The zero-order valence-corrected chi connectivity index (χ0v) is 10.0. The van der Waals surface area contributed by atoms with Gasteiger partial charge < -0.3 is 5.32 Å². The number of nitrogens with one attached hydrogen (secondary N) is 1. The van der Waals surface area contributed by atoms with Crippen LogP contribution in [0.15, 0.2) is 27.6 Å². The first-order valence-electron chi connectivity index (χ1n) is 4.30. The number of hydrogen-bond donors (Lipinski definition) is 1. The average molecular weight is 276 g/mol. The first-order chi connectivity index (χ1) is 6.53. The maximum Gasteiger partial charge on any atom is 0.184 e. The van der Waals surface area contributed by atoms with E-state index in [2.05, 4.69) is 21.2 Å². The lowest BCUT2D eigenvalue weighted by atomic mass is 10.3. The summed E-state index contributed by atoms with van der Waals surface area (Å²) in [4.78, 5) is 0.394. The molecule has 1 unspecified atom stereocenters. The van der Waals surface area contributed by atoms with Crippen LogP contribution in [0.1, 0.15) is 6.92 Å². The number of hydrogen-bond acceptors (Lipinski definition) is 3. The largest absolute Gasteiger partial charge is 0.382 e. The second kappa shape index (κ2) is 3.24. The standard InChI is InChI=1S/C9H10BrNO2S/c1-6-5-11-9-7(10)3-2-4-8(9)14(6,12)13/h2-4,6,11H,5H2,1H3. The highest BCUT2D eigenvalue weighted by atomic mass is 79.9. The van der Waals surface area contributed by atoms with E-state index in [1.54, 1.807) is 19.1 Å². The Morgan fingerprint density at radius 1 is 1.50 bits per heavy atom. The van der Waals surface area contributed by atoms with Gasteiger partial charge in [-0.2, -0.15) is 0 Å². The highest BCUT2D eigenvalue weighted by molar-refractivity contribution is 9.10. The maximum absolute atomic E-state index is 11.9. The van der Waals surface area contributed by atoms with E-state index in [1.807, 2.05) is 6.07 Å². The van der Waals surface area contributed by atoms with Crippen molar-refractivity contribution in [2.75, 3.05) is 11.9 Å². The zero-order valence-electron chi connectivity index (χ0n) is 7.62. The van der Waals surface area contributed by atoms with Crippen LogP contribution in [0.5, 0.6) is 0 Å². The Labute approximate surface area is 91.6 Å². The van der Waals surface area contributed by atoms with Gasteiger partial charge in [-0.25, -0.2) is 8.42 Å². The van der Waals surface area contributed by atoms with Crippen molar-refractivity contribution in [3.63, 3.8) is 0 Å². The lowest BCUT2D eigenvalue weighted by Gasteiger charge is -2.24. The first-order valence-corrected chi connectivity index (χ1v) is 6.63. The summed E-state index contributed by atoms with van der Waals surface area (Å²) in [6.45, 7) is 2.18. The van der Waals surface area contributed by atoms with Gasteiger partial charge in [-0.1, -0.05) is 6.07 Å². The number of fused-ring (bicyclic) bond motifs is 1. The molecular weight excluding hydrogens is 266 g/mol. The summed E-state index contributed by atoms with van der Waals surface area (Å²) in [5.41, 5.74) is 0.686. The first kappa shape index (κ1) is 9.98.